The first-order valence-electron chi connectivity index (χ1n) is 6.90. The Labute approximate surface area is 120 Å². The second-order valence-electron chi connectivity index (χ2n) is 5.02. The van der Waals surface area contributed by atoms with Crippen LogP contribution in [-0.4, -0.2) is 16.1 Å². The van der Waals surface area contributed by atoms with Crippen molar-refractivity contribution >= 4 is 0 Å². The summed E-state index contributed by atoms with van der Waals surface area (Å²) in [7, 11) is 0. The molecule has 1 atom stereocenters. The van der Waals surface area contributed by atoms with Gasteiger partial charge in [-0.05, 0) is 38.5 Å². The highest BCUT2D eigenvalue weighted by Gasteiger charge is 2.09. The molecule has 0 bridgehead atoms. The van der Waals surface area contributed by atoms with Gasteiger partial charge in [-0.1, -0.05) is 12.1 Å². The summed E-state index contributed by atoms with van der Waals surface area (Å²) in [5.74, 6) is 0.702. The Balaban J connectivity index is 2.00. The molecule has 0 aliphatic heterocycles. The molecule has 20 heavy (non-hydrogen) atoms. The number of hydrogen-bond acceptors (Lipinski definition) is 4. The van der Waals surface area contributed by atoms with Crippen molar-refractivity contribution in [3.05, 3.63) is 54.0 Å². The maximum absolute atomic E-state index is 5.72. The molecule has 2 rings (SSSR count). The van der Waals surface area contributed by atoms with Gasteiger partial charge in [0, 0.05) is 36.7 Å². The Bertz CT molecular complexity index is 528. The minimum absolute atomic E-state index is 0.124. The summed E-state index contributed by atoms with van der Waals surface area (Å²) in [4.78, 5) is 8.44. The van der Waals surface area contributed by atoms with Crippen LogP contribution in [0.5, 0.6) is 5.88 Å². The summed E-state index contributed by atoms with van der Waals surface area (Å²) in [6.07, 6.45) is 5.55. The third kappa shape index (κ3) is 4.03. The van der Waals surface area contributed by atoms with Crippen LogP contribution in [0.1, 0.15) is 37.9 Å². The van der Waals surface area contributed by atoms with Crippen LogP contribution in [0.4, 0.5) is 0 Å². The van der Waals surface area contributed by atoms with E-state index in [0.29, 0.717) is 12.4 Å². The fraction of sp³-hybridized carbons (Fsp3) is 0.375. The molecular weight excluding hydrogens is 250 g/mol. The van der Waals surface area contributed by atoms with Gasteiger partial charge in [0.25, 0.3) is 0 Å². The lowest BCUT2D eigenvalue weighted by Gasteiger charge is -2.16. The van der Waals surface area contributed by atoms with Crippen LogP contribution in [0.15, 0.2) is 42.9 Å². The fourth-order valence-electron chi connectivity index (χ4n) is 1.90. The van der Waals surface area contributed by atoms with E-state index in [9.17, 15) is 0 Å². The van der Waals surface area contributed by atoms with Gasteiger partial charge in [-0.3, -0.25) is 4.98 Å². The molecule has 0 aliphatic carbocycles. The van der Waals surface area contributed by atoms with Gasteiger partial charge in [0.2, 0.25) is 5.88 Å². The molecular formula is C16H21N3O. The molecule has 2 aromatic rings. The monoisotopic (exact) mass is 271 g/mol. The molecule has 1 unspecified atom stereocenters. The maximum atomic E-state index is 5.72. The molecule has 0 radical (unpaired) electrons. The number of rotatable bonds is 6. The standard InChI is InChI=1S/C16H21N3O/c1-12(2)20-16-15(7-5-9-18-16)11-19-13(3)14-6-4-8-17-10-14/h4-10,12-13,19H,11H2,1-3H3. The van der Waals surface area contributed by atoms with Crippen molar-refractivity contribution in [1.82, 2.24) is 15.3 Å². The maximum Gasteiger partial charge on any atom is 0.218 e. The van der Waals surface area contributed by atoms with Crippen LogP contribution >= 0.6 is 0 Å². The first-order valence-corrected chi connectivity index (χ1v) is 6.90. The van der Waals surface area contributed by atoms with Gasteiger partial charge < -0.3 is 10.1 Å². The zero-order valence-electron chi connectivity index (χ0n) is 12.2. The average molecular weight is 271 g/mol. The zero-order valence-corrected chi connectivity index (χ0v) is 12.2. The van der Waals surface area contributed by atoms with Gasteiger partial charge in [-0.15, -0.1) is 0 Å². The van der Waals surface area contributed by atoms with Crippen LogP contribution in [0.2, 0.25) is 0 Å². The molecule has 0 spiro atoms. The highest BCUT2D eigenvalue weighted by molar-refractivity contribution is 5.26. The summed E-state index contributed by atoms with van der Waals surface area (Å²) in [6, 6.07) is 8.22. The molecule has 0 saturated heterocycles. The van der Waals surface area contributed by atoms with E-state index in [1.807, 2.05) is 38.2 Å². The Morgan fingerprint density at radius 2 is 1.95 bits per heavy atom. The molecule has 0 aromatic carbocycles. The minimum atomic E-state index is 0.124. The van der Waals surface area contributed by atoms with Crippen molar-refractivity contribution in [3.8, 4) is 5.88 Å². The highest BCUT2D eigenvalue weighted by Crippen LogP contribution is 2.17. The zero-order chi connectivity index (χ0) is 14.4. The predicted octanol–water partition coefficient (Wildman–Crippen LogP) is 3.11. The molecule has 4 nitrogen and oxygen atoms in total. The van der Waals surface area contributed by atoms with E-state index in [1.165, 1.54) is 5.56 Å². The second kappa shape index (κ2) is 7.01. The lowest BCUT2D eigenvalue weighted by atomic mass is 10.1. The number of aromatic nitrogens is 2. The fourth-order valence-corrected chi connectivity index (χ4v) is 1.90. The van der Waals surface area contributed by atoms with Gasteiger partial charge in [0.15, 0.2) is 0 Å². The van der Waals surface area contributed by atoms with Crippen LogP contribution in [0, 0.1) is 0 Å². The van der Waals surface area contributed by atoms with Gasteiger partial charge in [0.05, 0.1) is 6.10 Å². The second-order valence-corrected chi connectivity index (χ2v) is 5.02. The molecule has 0 saturated carbocycles. The van der Waals surface area contributed by atoms with E-state index in [0.717, 1.165) is 5.56 Å². The van der Waals surface area contributed by atoms with Crippen LogP contribution < -0.4 is 10.1 Å². The van der Waals surface area contributed by atoms with Gasteiger partial charge in [0.1, 0.15) is 0 Å². The summed E-state index contributed by atoms with van der Waals surface area (Å²) in [6.45, 7) is 6.84. The van der Waals surface area contributed by atoms with Gasteiger partial charge in [-0.25, -0.2) is 4.98 Å². The van der Waals surface area contributed by atoms with Gasteiger partial charge >= 0.3 is 0 Å². The smallest absolute Gasteiger partial charge is 0.218 e. The lowest BCUT2D eigenvalue weighted by Crippen LogP contribution is -2.19. The van der Waals surface area contributed by atoms with Crippen molar-refractivity contribution < 1.29 is 4.74 Å². The number of nitrogens with one attached hydrogen (secondary N) is 1. The minimum Gasteiger partial charge on any atom is -0.475 e. The largest absolute Gasteiger partial charge is 0.475 e. The normalized spacial score (nSPS) is 12.4. The van der Waals surface area contributed by atoms with Crippen molar-refractivity contribution in [2.75, 3.05) is 0 Å². The highest BCUT2D eigenvalue weighted by atomic mass is 16.5. The Kier molecular flexibility index (Phi) is 5.07. The van der Waals surface area contributed by atoms with Crippen LogP contribution in [0.3, 0.4) is 0 Å². The Morgan fingerprint density at radius 1 is 1.15 bits per heavy atom. The van der Waals surface area contributed by atoms with Crippen LogP contribution in [0.25, 0.3) is 0 Å². The topological polar surface area (TPSA) is 47.0 Å². The molecule has 106 valence electrons. The van der Waals surface area contributed by atoms with E-state index in [4.69, 9.17) is 4.74 Å². The third-order valence-electron chi connectivity index (χ3n) is 2.98. The number of ether oxygens (including phenoxy) is 1. The Morgan fingerprint density at radius 3 is 2.65 bits per heavy atom. The van der Waals surface area contributed by atoms with Crippen molar-refractivity contribution in [2.45, 2.75) is 39.5 Å². The lowest BCUT2D eigenvalue weighted by molar-refractivity contribution is 0.229. The van der Waals surface area contributed by atoms with Crippen molar-refractivity contribution in [1.29, 1.82) is 0 Å². The number of hydrogen-bond donors (Lipinski definition) is 1. The molecule has 2 aromatic heterocycles. The van der Waals surface area contributed by atoms with E-state index >= 15 is 0 Å². The molecule has 2 heterocycles. The van der Waals surface area contributed by atoms with E-state index in [2.05, 4.69) is 28.3 Å². The van der Waals surface area contributed by atoms with Crippen molar-refractivity contribution in [2.24, 2.45) is 0 Å². The summed E-state index contributed by atoms with van der Waals surface area (Å²) in [5, 5.41) is 3.47. The molecule has 0 aliphatic rings. The first kappa shape index (κ1) is 14.5. The van der Waals surface area contributed by atoms with Crippen LogP contribution in [-0.2, 0) is 6.54 Å². The Hall–Kier alpha value is -1.94. The summed E-state index contributed by atoms with van der Waals surface area (Å²) in [5.41, 5.74) is 2.24. The van der Waals surface area contributed by atoms with E-state index in [1.54, 1.807) is 12.4 Å². The molecule has 4 heteroatoms. The van der Waals surface area contributed by atoms with Gasteiger partial charge in [-0.2, -0.15) is 0 Å². The molecule has 1 N–H and O–H groups in total. The van der Waals surface area contributed by atoms with Crippen molar-refractivity contribution in [3.63, 3.8) is 0 Å². The quantitative estimate of drug-likeness (QED) is 0.877. The average Bonchev–Trinajstić information content (AvgIpc) is 2.46. The number of nitrogens with zero attached hydrogens (tertiary/aromatic N) is 2. The molecule has 0 amide bonds. The number of pyridine rings is 2. The first-order chi connectivity index (χ1) is 9.66. The summed E-state index contributed by atoms with van der Waals surface area (Å²) < 4.78 is 5.72. The summed E-state index contributed by atoms with van der Waals surface area (Å²) >= 11 is 0. The molecule has 0 fully saturated rings. The van der Waals surface area contributed by atoms with E-state index < -0.39 is 0 Å². The third-order valence-corrected chi connectivity index (χ3v) is 2.98. The van der Waals surface area contributed by atoms with E-state index in [-0.39, 0.29) is 12.1 Å². The SMILES string of the molecule is CC(C)Oc1ncccc1CNC(C)c1cccnc1. The predicted molar refractivity (Wildman–Crippen MR) is 79.5 cm³/mol.